The first-order valence-electron chi connectivity index (χ1n) is 6.37. The number of amides is 1. The number of esters is 1. The van der Waals surface area contributed by atoms with E-state index < -0.39 is 11.5 Å². The molecular formula is C15H14Cl2N2O3. The minimum atomic E-state index is -1.37. The zero-order valence-corrected chi connectivity index (χ0v) is 13.5. The van der Waals surface area contributed by atoms with Crippen LogP contribution in [0.4, 0.5) is 0 Å². The number of hydrogen-bond acceptors (Lipinski definition) is 4. The summed E-state index contributed by atoms with van der Waals surface area (Å²) in [5, 5.41) is 6.23. The van der Waals surface area contributed by atoms with E-state index in [9.17, 15) is 9.59 Å². The molecule has 0 bridgehead atoms. The highest BCUT2D eigenvalue weighted by Crippen LogP contribution is 2.37. The average molecular weight is 341 g/mol. The molecule has 1 aliphatic rings. The molecule has 1 atom stereocenters. The summed E-state index contributed by atoms with van der Waals surface area (Å²) in [5.41, 5.74) is -0.350. The number of dihydropyridines is 1. The lowest BCUT2D eigenvalue weighted by atomic mass is 9.87. The van der Waals surface area contributed by atoms with Crippen LogP contribution >= 0.6 is 23.2 Å². The van der Waals surface area contributed by atoms with E-state index in [0.717, 1.165) is 0 Å². The van der Waals surface area contributed by atoms with Crippen molar-refractivity contribution in [3.8, 4) is 0 Å². The molecule has 2 rings (SSSR count). The van der Waals surface area contributed by atoms with Gasteiger partial charge in [-0.2, -0.15) is 0 Å². The lowest BCUT2D eigenvalue weighted by Crippen LogP contribution is -2.50. The Bertz CT molecular complexity index is 668. The van der Waals surface area contributed by atoms with Gasteiger partial charge in [0, 0.05) is 18.1 Å². The Balaban J connectivity index is 2.48. The Labute approximate surface area is 137 Å². The summed E-state index contributed by atoms with van der Waals surface area (Å²) in [6.07, 6.45) is 3.00. The van der Waals surface area contributed by atoms with Crippen LogP contribution in [0.3, 0.4) is 0 Å². The van der Waals surface area contributed by atoms with Crippen molar-refractivity contribution in [2.75, 3.05) is 7.11 Å². The molecule has 0 aliphatic carbocycles. The molecule has 1 aromatic carbocycles. The van der Waals surface area contributed by atoms with E-state index in [2.05, 4.69) is 10.6 Å². The predicted octanol–water partition coefficient (Wildman–Crippen LogP) is 2.41. The number of methoxy groups -OCH3 is 1. The molecular weight excluding hydrogens is 327 g/mol. The second-order valence-electron chi connectivity index (χ2n) is 4.67. The van der Waals surface area contributed by atoms with Gasteiger partial charge in [-0.05, 0) is 23.8 Å². The van der Waals surface area contributed by atoms with Crippen molar-refractivity contribution in [1.29, 1.82) is 0 Å². The zero-order valence-electron chi connectivity index (χ0n) is 11.9. The number of carbonyl (C=O) groups excluding carboxylic acids is 2. The second-order valence-corrected chi connectivity index (χ2v) is 5.51. The third-order valence-corrected chi connectivity index (χ3v) is 3.82. The summed E-state index contributed by atoms with van der Waals surface area (Å²) >= 11 is 12.2. The fraction of sp³-hybridized carbons (Fsp3) is 0.200. The number of benzene rings is 1. The fourth-order valence-electron chi connectivity index (χ4n) is 2.17. The summed E-state index contributed by atoms with van der Waals surface area (Å²) in [6.45, 7) is 1.38. The zero-order chi connectivity index (χ0) is 16.3. The van der Waals surface area contributed by atoms with Crippen LogP contribution in [-0.2, 0) is 19.9 Å². The van der Waals surface area contributed by atoms with Gasteiger partial charge in [-0.3, -0.25) is 4.79 Å². The van der Waals surface area contributed by atoms with Crippen LogP contribution in [0.15, 0.2) is 47.3 Å². The van der Waals surface area contributed by atoms with Crippen LogP contribution in [-0.4, -0.2) is 19.0 Å². The maximum atomic E-state index is 12.4. The third-order valence-electron chi connectivity index (χ3n) is 3.17. The van der Waals surface area contributed by atoms with Gasteiger partial charge in [0.15, 0.2) is 5.54 Å². The number of allylic oxidation sites excluding steroid dienone is 1. The molecule has 1 heterocycles. The van der Waals surface area contributed by atoms with Crippen molar-refractivity contribution in [1.82, 2.24) is 10.6 Å². The van der Waals surface area contributed by atoms with Crippen LogP contribution in [0.5, 0.6) is 0 Å². The van der Waals surface area contributed by atoms with Gasteiger partial charge in [0.2, 0.25) is 5.91 Å². The molecule has 0 spiro atoms. The van der Waals surface area contributed by atoms with Gasteiger partial charge in [-0.25, -0.2) is 4.79 Å². The minimum absolute atomic E-state index is 0.174. The molecule has 1 aliphatic heterocycles. The second kappa shape index (κ2) is 6.42. The minimum Gasteiger partial charge on any atom is -0.467 e. The first kappa shape index (κ1) is 16.4. The smallest absolute Gasteiger partial charge is 0.341 e. The summed E-state index contributed by atoms with van der Waals surface area (Å²) < 4.78 is 4.89. The van der Waals surface area contributed by atoms with Crippen molar-refractivity contribution >= 4 is 35.1 Å². The van der Waals surface area contributed by atoms with Crippen LogP contribution in [0, 0.1) is 0 Å². The first-order valence-corrected chi connectivity index (χ1v) is 7.13. The number of ether oxygens (including phenoxy) is 1. The molecule has 0 saturated heterocycles. The maximum Gasteiger partial charge on any atom is 0.341 e. The molecule has 22 heavy (non-hydrogen) atoms. The molecule has 0 fully saturated rings. The van der Waals surface area contributed by atoms with Gasteiger partial charge in [-0.15, -0.1) is 0 Å². The number of rotatable bonds is 3. The van der Waals surface area contributed by atoms with E-state index in [1.807, 2.05) is 0 Å². The highest BCUT2D eigenvalue weighted by atomic mass is 35.5. The number of nitrogens with one attached hydrogen (secondary N) is 2. The Kier molecular flexibility index (Phi) is 4.78. The normalized spacial score (nSPS) is 20.4. The van der Waals surface area contributed by atoms with E-state index in [4.69, 9.17) is 27.9 Å². The van der Waals surface area contributed by atoms with E-state index in [0.29, 0.717) is 16.3 Å². The number of hydrogen-bond donors (Lipinski definition) is 2. The molecule has 0 aromatic heterocycles. The van der Waals surface area contributed by atoms with Gasteiger partial charge in [0.1, 0.15) is 0 Å². The van der Waals surface area contributed by atoms with Crippen molar-refractivity contribution in [3.05, 3.63) is 57.9 Å². The van der Waals surface area contributed by atoms with Gasteiger partial charge < -0.3 is 15.4 Å². The van der Waals surface area contributed by atoms with Gasteiger partial charge in [0.05, 0.1) is 17.8 Å². The number of carbonyl (C=O) groups is 2. The lowest BCUT2D eigenvalue weighted by Gasteiger charge is -2.34. The van der Waals surface area contributed by atoms with Gasteiger partial charge >= 0.3 is 5.97 Å². The largest absolute Gasteiger partial charge is 0.467 e. The summed E-state index contributed by atoms with van der Waals surface area (Å²) in [4.78, 5) is 23.5. The Morgan fingerprint density at radius 2 is 1.86 bits per heavy atom. The van der Waals surface area contributed by atoms with E-state index in [-0.39, 0.29) is 10.9 Å². The van der Waals surface area contributed by atoms with Crippen molar-refractivity contribution in [2.45, 2.75) is 12.5 Å². The molecule has 1 amide bonds. The highest BCUT2D eigenvalue weighted by molar-refractivity contribution is 6.33. The fourth-order valence-corrected chi connectivity index (χ4v) is 2.65. The molecule has 1 aromatic rings. The third kappa shape index (κ3) is 2.96. The van der Waals surface area contributed by atoms with E-state index in [1.54, 1.807) is 24.3 Å². The predicted molar refractivity (Wildman–Crippen MR) is 84.1 cm³/mol. The number of halogens is 2. The molecule has 2 N–H and O–H groups in total. The van der Waals surface area contributed by atoms with Crippen molar-refractivity contribution in [3.63, 3.8) is 0 Å². The highest BCUT2D eigenvalue weighted by Gasteiger charge is 2.45. The van der Waals surface area contributed by atoms with E-state index in [1.165, 1.54) is 26.3 Å². The maximum absolute atomic E-state index is 12.4. The molecule has 5 nitrogen and oxygen atoms in total. The van der Waals surface area contributed by atoms with Crippen LogP contribution < -0.4 is 10.6 Å². The van der Waals surface area contributed by atoms with Gasteiger partial charge in [0.25, 0.3) is 0 Å². The quantitative estimate of drug-likeness (QED) is 0.829. The average Bonchev–Trinajstić information content (AvgIpc) is 2.47. The Morgan fingerprint density at radius 3 is 2.36 bits per heavy atom. The van der Waals surface area contributed by atoms with Crippen molar-refractivity contribution in [2.24, 2.45) is 0 Å². The monoisotopic (exact) mass is 340 g/mol. The van der Waals surface area contributed by atoms with Crippen LogP contribution in [0.2, 0.25) is 5.02 Å². The lowest BCUT2D eigenvalue weighted by molar-refractivity contribution is -0.146. The van der Waals surface area contributed by atoms with Crippen LogP contribution in [0.1, 0.15) is 12.5 Å². The molecule has 116 valence electrons. The topological polar surface area (TPSA) is 67.4 Å². The molecule has 1 unspecified atom stereocenters. The summed E-state index contributed by atoms with van der Waals surface area (Å²) in [5.74, 6) is -0.819. The van der Waals surface area contributed by atoms with E-state index >= 15 is 0 Å². The van der Waals surface area contributed by atoms with Crippen LogP contribution in [0.25, 0.3) is 0 Å². The van der Waals surface area contributed by atoms with Gasteiger partial charge in [-0.1, -0.05) is 35.3 Å². The molecule has 0 radical (unpaired) electrons. The Morgan fingerprint density at radius 1 is 1.23 bits per heavy atom. The first-order chi connectivity index (χ1) is 10.4. The molecule has 7 heteroatoms. The van der Waals surface area contributed by atoms with Crippen molar-refractivity contribution < 1.29 is 14.3 Å². The summed E-state index contributed by atoms with van der Waals surface area (Å²) in [6, 6.07) is 6.67. The summed E-state index contributed by atoms with van der Waals surface area (Å²) in [7, 11) is 1.28. The SMILES string of the molecule is COC(=O)C1(c2ccc(Cl)cc2)NC=C(NC(C)=O)C=C1Cl. The molecule has 0 saturated carbocycles. The standard InChI is InChI=1S/C15H14Cl2N2O3/c1-9(20)19-12-7-13(17)15(18-8-12,14(21)22-2)10-3-5-11(16)6-4-10/h3-8,18H,1-2H3,(H,19,20). The Hall–Kier alpha value is -1.98.